The Morgan fingerprint density at radius 3 is 2.14 bits per heavy atom. The summed E-state index contributed by atoms with van der Waals surface area (Å²) in [6.45, 7) is 13.1. The molecule has 0 aliphatic heterocycles. The van der Waals surface area contributed by atoms with Gasteiger partial charge in [0.1, 0.15) is 0 Å². The summed E-state index contributed by atoms with van der Waals surface area (Å²) in [6.07, 6.45) is 2.00. The molecule has 0 aliphatic rings. The molecule has 194 valence electrons. The van der Waals surface area contributed by atoms with Gasteiger partial charge in [0.15, 0.2) is 8.24 Å². The molecule has 9 heteroatoms. The van der Waals surface area contributed by atoms with Crippen molar-refractivity contribution in [2.45, 2.75) is 56.8 Å². The minimum Gasteiger partial charge on any atom is -0.374 e. The Morgan fingerprint density at radius 1 is 0.919 bits per heavy atom. The normalized spacial score (nSPS) is 13.6. The second kappa shape index (κ2) is 9.55. The number of benzene rings is 3. The predicted octanol–water partition coefficient (Wildman–Crippen LogP) is 6.78. The summed E-state index contributed by atoms with van der Waals surface area (Å²) >= 11 is 0. The number of para-hydroxylation sites is 2. The molecule has 1 atom stereocenters. The molecule has 0 spiro atoms. The molecule has 0 bridgehead atoms. The highest BCUT2D eigenvalue weighted by Crippen LogP contribution is 2.42. The van der Waals surface area contributed by atoms with Gasteiger partial charge in [-0.2, -0.15) is 4.72 Å². The lowest BCUT2D eigenvalue weighted by molar-refractivity contribution is -0.385. The van der Waals surface area contributed by atoms with E-state index in [1.807, 2.05) is 37.4 Å². The smallest absolute Gasteiger partial charge is 0.274 e. The van der Waals surface area contributed by atoms with Crippen LogP contribution in [0.15, 0.2) is 83.9 Å². The summed E-state index contributed by atoms with van der Waals surface area (Å²) in [6, 6.07) is 19.8. The third-order valence-electron chi connectivity index (χ3n) is 7.54. The highest BCUT2D eigenvalue weighted by Gasteiger charge is 2.40. The second-order valence-corrected chi connectivity index (χ2v) is 17.8. The summed E-state index contributed by atoms with van der Waals surface area (Å²) in [5.41, 5.74) is 2.77. The van der Waals surface area contributed by atoms with Gasteiger partial charge in [0, 0.05) is 23.2 Å². The number of hydrogen-bond acceptors (Lipinski definition) is 4. The summed E-state index contributed by atoms with van der Waals surface area (Å²) in [7, 11) is -6.14. The first-order valence-electron chi connectivity index (χ1n) is 12.2. The van der Waals surface area contributed by atoms with Crippen LogP contribution in [-0.4, -0.2) is 25.8 Å². The maximum atomic E-state index is 13.6. The predicted molar refractivity (Wildman–Crippen MR) is 151 cm³/mol. The van der Waals surface area contributed by atoms with E-state index in [-0.39, 0.29) is 15.6 Å². The molecule has 1 unspecified atom stereocenters. The van der Waals surface area contributed by atoms with Gasteiger partial charge in [-0.25, -0.2) is 8.42 Å². The Morgan fingerprint density at radius 2 is 1.51 bits per heavy atom. The zero-order valence-electron chi connectivity index (χ0n) is 22.0. The van der Waals surface area contributed by atoms with Gasteiger partial charge in [0.25, 0.3) is 5.69 Å². The van der Waals surface area contributed by atoms with Crippen LogP contribution < -0.4 is 4.72 Å². The fraction of sp³-hybridized carbons (Fsp3) is 0.286. The summed E-state index contributed by atoms with van der Waals surface area (Å²) < 4.78 is 32.3. The van der Waals surface area contributed by atoms with E-state index in [0.717, 1.165) is 16.5 Å². The molecule has 37 heavy (non-hydrogen) atoms. The van der Waals surface area contributed by atoms with Crippen LogP contribution >= 0.6 is 0 Å². The van der Waals surface area contributed by atoms with Crippen molar-refractivity contribution in [2.75, 3.05) is 0 Å². The van der Waals surface area contributed by atoms with Gasteiger partial charge < -0.3 is 4.23 Å². The number of aryl methyl sites for hydroxylation is 1. The molecule has 0 fully saturated rings. The first-order valence-corrected chi connectivity index (χ1v) is 16.6. The Hall–Kier alpha value is -3.27. The van der Waals surface area contributed by atoms with Gasteiger partial charge in [0.2, 0.25) is 10.0 Å². The van der Waals surface area contributed by atoms with E-state index in [0.29, 0.717) is 11.1 Å². The summed E-state index contributed by atoms with van der Waals surface area (Å²) in [4.78, 5) is 11.7. The summed E-state index contributed by atoms with van der Waals surface area (Å²) in [5.74, 6) is 0. The zero-order valence-corrected chi connectivity index (χ0v) is 23.8. The standard InChI is InChI=1S/C28H33N3O4SSi/c1-20-15-17-21(18-16-20)36(34,35)29-27(23-12-8-10-14-26(23)31(32)33)24-19-30(37(5,6)28(2,3)4)25-13-9-7-11-22(24)25/h7-19,27,29H,1-6H3. The number of nitro benzene ring substituents is 1. The lowest BCUT2D eigenvalue weighted by Crippen LogP contribution is -2.45. The quantitative estimate of drug-likeness (QED) is 0.160. The minimum atomic E-state index is -4.01. The molecule has 1 aromatic heterocycles. The van der Waals surface area contributed by atoms with Crippen molar-refractivity contribution in [1.29, 1.82) is 0 Å². The first-order chi connectivity index (χ1) is 17.2. The van der Waals surface area contributed by atoms with Crippen LogP contribution in [-0.2, 0) is 10.0 Å². The average molecular weight is 536 g/mol. The van der Waals surface area contributed by atoms with E-state index < -0.39 is 29.2 Å². The third kappa shape index (κ3) is 4.99. The number of nitrogens with one attached hydrogen (secondary N) is 1. The van der Waals surface area contributed by atoms with E-state index >= 15 is 0 Å². The van der Waals surface area contributed by atoms with Crippen molar-refractivity contribution in [1.82, 2.24) is 8.95 Å². The molecule has 0 saturated carbocycles. The number of nitrogens with zero attached hydrogens (tertiary/aromatic N) is 2. The van der Waals surface area contributed by atoms with E-state index in [1.165, 1.54) is 6.07 Å². The molecule has 0 saturated heterocycles. The monoisotopic (exact) mass is 535 g/mol. The molecule has 4 rings (SSSR count). The van der Waals surface area contributed by atoms with Gasteiger partial charge in [-0.05, 0) is 35.7 Å². The highest BCUT2D eigenvalue weighted by atomic mass is 32.2. The van der Waals surface area contributed by atoms with Crippen molar-refractivity contribution in [3.8, 4) is 0 Å². The fourth-order valence-corrected chi connectivity index (χ4v) is 7.57. The number of aromatic nitrogens is 1. The van der Waals surface area contributed by atoms with Gasteiger partial charge in [-0.1, -0.05) is 88.0 Å². The molecule has 7 nitrogen and oxygen atoms in total. The SMILES string of the molecule is Cc1ccc(S(=O)(=O)NC(c2ccccc2[N+](=O)[O-])c2cn([Si](C)(C)C(C)(C)C)c3ccccc23)cc1. The molecule has 0 aliphatic carbocycles. The second-order valence-electron chi connectivity index (χ2n) is 11.0. The average Bonchev–Trinajstić information content (AvgIpc) is 3.22. The van der Waals surface area contributed by atoms with Crippen molar-refractivity contribution in [3.05, 3.63) is 106 Å². The van der Waals surface area contributed by atoms with Gasteiger partial charge in [0.05, 0.1) is 21.4 Å². The maximum absolute atomic E-state index is 13.6. The molecule has 0 amide bonds. The van der Waals surface area contributed by atoms with Crippen LogP contribution in [0.1, 0.15) is 43.5 Å². The molecule has 1 heterocycles. The number of hydrogen-bond donors (Lipinski definition) is 1. The molecule has 4 aromatic rings. The Balaban J connectivity index is 2.00. The van der Waals surface area contributed by atoms with Crippen LogP contribution in [0.2, 0.25) is 18.1 Å². The van der Waals surface area contributed by atoms with Crippen LogP contribution in [0.25, 0.3) is 10.9 Å². The topological polar surface area (TPSA) is 94.2 Å². The van der Waals surface area contributed by atoms with E-state index in [4.69, 9.17) is 0 Å². The van der Waals surface area contributed by atoms with Crippen molar-refractivity contribution < 1.29 is 13.3 Å². The lowest BCUT2D eigenvalue weighted by atomic mass is 9.97. The van der Waals surface area contributed by atoms with Crippen LogP contribution in [0.4, 0.5) is 5.69 Å². The van der Waals surface area contributed by atoms with Gasteiger partial charge >= 0.3 is 0 Å². The fourth-order valence-electron chi connectivity index (χ4n) is 4.39. The van der Waals surface area contributed by atoms with Crippen molar-refractivity contribution in [3.63, 3.8) is 0 Å². The molecule has 0 radical (unpaired) electrons. The minimum absolute atomic E-state index is 0.00169. The molecule has 1 N–H and O–H groups in total. The third-order valence-corrected chi connectivity index (χ3v) is 14.2. The Labute approximate surface area is 219 Å². The largest absolute Gasteiger partial charge is 0.374 e. The molecular weight excluding hydrogens is 502 g/mol. The van der Waals surface area contributed by atoms with Crippen molar-refractivity contribution in [2.24, 2.45) is 0 Å². The lowest BCUT2D eigenvalue weighted by Gasteiger charge is -2.38. The van der Waals surface area contributed by atoms with Crippen LogP contribution in [0.5, 0.6) is 0 Å². The summed E-state index contributed by atoms with van der Waals surface area (Å²) in [5, 5.41) is 12.9. The number of nitro groups is 1. The van der Waals surface area contributed by atoms with E-state index in [2.05, 4.69) is 42.8 Å². The first kappa shape index (κ1) is 26.8. The van der Waals surface area contributed by atoms with Crippen LogP contribution in [0.3, 0.4) is 0 Å². The zero-order chi connectivity index (χ0) is 27.2. The van der Waals surface area contributed by atoms with Gasteiger partial charge in [-0.3, -0.25) is 10.1 Å². The maximum Gasteiger partial charge on any atom is 0.274 e. The number of rotatable bonds is 7. The Bertz CT molecular complexity index is 1570. The van der Waals surface area contributed by atoms with Crippen molar-refractivity contribution >= 4 is 34.8 Å². The van der Waals surface area contributed by atoms with Gasteiger partial charge in [-0.15, -0.1) is 0 Å². The highest BCUT2D eigenvalue weighted by molar-refractivity contribution is 7.89. The van der Waals surface area contributed by atoms with E-state index in [1.54, 1.807) is 42.5 Å². The van der Waals surface area contributed by atoms with Crippen LogP contribution in [0, 0.1) is 17.0 Å². The Kier molecular flexibility index (Phi) is 6.91. The molecular formula is C28H33N3O4SSi. The number of fused-ring (bicyclic) bond motifs is 1. The van der Waals surface area contributed by atoms with E-state index in [9.17, 15) is 18.5 Å². The molecule has 3 aromatic carbocycles. The number of sulfonamides is 1.